The summed E-state index contributed by atoms with van der Waals surface area (Å²) in [6.07, 6.45) is 1.08. The Morgan fingerprint density at radius 1 is 1.05 bits per heavy atom. The number of amides is 1. The van der Waals surface area contributed by atoms with Gasteiger partial charge in [0.25, 0.3) is 5.91 Å². The number of nitrogens with one attached hydrogen (secondary N) is 2. The molecule has 0 aliphatic rings. The van der Waals surface area contributed by atoms with Crippen molar-refractivity contribution in [3.63, 3.8) is 0 Å². The van der Waals surface area contributed by atoms with Gasteiger partial charge in [0.15, 0.2) is 0 Å². The van der Waals surface area contributed by atoms with Crippen molar-refractivity contribution in [2.24, 2.45) is 0 Å². The highest BCUT2D eigenvalue weighted by atomic mass is 16.1. The molecule has 0 saturated heterocycles. The van der Waals surface area contributed by atoms with E-state index in [4.69, 9.17) is 0 Å². The van der Waals surface area contributed by atoms with Crippen LogP contribution in [0.1, 0.15) is 29.3 Å². The van der Waals surface area contributed by atoms with E-state index in [1.807, 2.05) is 55.5 Å². The third kappa shape index (κ3) is 3.60. The number of rotatable bonds is 5. The van der Waals surface area contributed by atoms with Gasteiger partial charge < -0.3 is 10.6 Å². The lowest BCUT2D eigenvalue weighted by atomic mass is 10.1. The second-order valence-electron chi connectivity index (χ2n) is 4.77. The molecule has 2 aromatic carbocycles. The Kier molecular flexibility index (Phi) is 4.77. The molecule has 0 aliphatic carbocycles. The van der Waals surface area contributed by atoms with Crippen LogP contribution in [0.5, 0.6) is 0 Å². The zero-order valence-corrected chi connectivity index (χ0v) is 11.9. The summed E-state index contributed by atoms with van der Waals surface area (Å²) in [5, 5.41) is 6.22. The van der Waals surface area contributed by atoms with Crippen LogP contribution in [0.25, 0.3) is 0 Å². The Bertz CT molecular complexity index is 576. The van der Waals surface area contributed by atoms with Gasteiger partial charge in [0, 0.05) is 23.5 Å². The molecular formula is C17H20N2O. The number of anilines is 2. The van der Waals surface area contributed by atoms with Crippen LogP contribution in [0, 0.1) is 6.92 Å². The van der Waals surface area contributed by atoms with Crippen molar-refractivity contribution in [2.45, 2.75) is 20.3 Å². The van der Waals surface area contributed by atoms with Gasteiger partial charge in [0.1, 0.15) is 0 Å². The Balaban J connectivity index is 2.04. The first-order valence-electron chi connectivity index (χ1n) is 6.91. The van der Waals surface area contributed by atoms with Crippen LogP contribution >= 0.6 is 0 Å². The van der Waals surface area contributed by atoms with Gasteiger partial charge in [-0.3, -0.25) is 4.79 Å². The van der Waals surface area contributed by atoms with Crippen LogP contribution in [-0.2, 0) is 0 Å². The summed E-state index contributed by atoms with van der Waals surface area (Å²) in [5.74, 6) is -0.0821. The van der Waals surface area contributed by atoms with Crippen LogP contribution in [0.2, 0.25) is 0 Å². The van der Waals surface area contributed by atoms with E-state index in [0.717, 1.165) is 29.9 Å². The van der Waals surface area contributed by atoms with Gasteiger partial charge in [0.05, 0.1) is 0 Å². The number of benzene rings is 2. The van der Waals surface area contributed by atoms with Crippen LogP contribution < -0.4 is 10.6 Å². The summed E-state index contributed by atoms with van der Waals surface area (Å²) >= 11 is 0. The molecule has 0 spiro atoms. The highest BCUT2D eigenvalue weighted by Gasteiger charge is 2.07. The van der Waals surface area contributed by atoms with E-state index in [2.05, 4.69) is 17.6 Å². The summed E-state index contributed by atoms with van der Waals surface area (Å²) < 4.78 is 0. The van der Waals surface area contributed by atoms with Crippen LogP contribution in [0.3, 0.4) is 0 Å². The highest BCUT2D eigenvalue weighted by Crippen LogP contribution is 2.16. The molecular weight excluding hydrogens is 248 g/mol. The molecule has 2 aromatic rings. The van der Waals surface area contributed by atoms with Crippen molar-refractivity contribution in [3.8, 4) is 0 Å². The largest absolute Gasteiger partial charge is 0.385 e. The molecule has 0 radical (unpaired) electrons. The fourth-order valence-corrected chi connectivity index (χ4v) is 1.92. The number of aryl methyl sites for hydroxylation is 1. The van der Waals surface area contributed by atoms with Gasteiger partial charge in [-0.2, -0.15) is 0 Å². The van der Waals surface area contributed by atoms with Crippen LogP contribution in [-0.4, -0.2) is 12.5 Å². The van der Waals surface area contributed by atoms with Crippen molar-refractivity contribution in [3.05, 3.63) is 59.7 Å². The molecule has 3 heteroatoms. The predicted octanol–water partition coefficient (Wildman–Crippen LogP) is 4.07. The van der Waals surface area contributed by atoms with E-state index in [0.29, 0.717) is 5.56 Å². The highest BCUT2D eigenvalue weighted by molar-refractivity contribution is 6.04. The minimum atomic E-state index is -0.0821. The van der Waals surface area contributed by atoms with Gasteiger partial charge >= 0.3 is 0 Å². The van der Waals surface area contributed by atoms with Crippen LogP contribution in [0.4, 0.5) is 11.4 Å². The quantitative estimate of drug-likeness (QED) is 0.858. The van der Waals surface area contributed by atoms with Gasteiger partial charge in [-0.25, -0.2) is 0 Å². The van der Waals surface area contributed by atoms with Crippen molar-refractivity contribution < 1.29 is 4.79 Å². The summed E-state index contributed by atoms with van der Waals surface area (Å²) in [5.41, 5.74) is 3.61. The van der Waals surface area contributed by atoms with E-state index in [9.17, 15) is 4.79 Å². The molecule has 20 heavy (non-hydrogen) atoms. The Morgan fingerprint density at radius 2 is 1.75 bits per heavy atom. The first-order chi connectivity index (χ1) is 9.70. The van der Waals surface area contributed by atoms with Crippen molar-refractivity contribution in [1.29, 1.82) is 0 Å². The van der Waals surface area contributed by atoms with Gasteiger partial charge in [-0.15, -0.1) is 0 Å². The first kappa shape index (κ1) is 14.1. The number of carbonyl (C=O) groups excluding carboxylic acids is 1. The maximum Gasteiger partial charge on any atom is 0.255 e. The van der Waals surface area contributed by atoms with E-state index in [1.54, 1.807) is 0 Å². The number of carbonyl (C=O) groups is 1. The van der Waals surface area contributed by atoms with Crippen molar-refractivity contribution >= 4 is 17.3 Å². The van der Waals surface area contributed by atoms with E-state index >= 15 is 0 Å². The molecule has 0 aromatic heterocycles. The average molecular weight is 268 g/mol. The molecule has 0 fully saturated rings. The fraction of sp³-hybridized carbons (Fsp3) is 0.235. The van der Waals surface area contributed by atoms with E-state index < -0.39 is 0 Å². The Labute approximate surface area is 120 Å². The fourth-order valence-electron chi connectivity index (χ4n) is 1.92. The van der Waals surface area contributed by atoms with Gasteiger partial charge in [-0.05, 0) is 49.2 Å². The number of hydrogen-bond donors (Lipinski definition) is 2. The molecule has 0 heterocycles. The summed E-state index contributed by atoms with van der Waals surface area (Å²) in [7, 11) is 0. The molecule has 0 unspecified atom stereocenters. The monoisotopic (exact) mass is 268 g/mol. The molecule has 0 aliphatic heterocycles. The lowest BCUT2D eigenvalue weighted by molar-refractivity contribution is 0.102. The molecule has 2 N–H and O–H groups in total. The van der Waals surface area contributed by atoms with Gasteiger partial charge in [-0.1, -0.05) is 25.1 Å². The Hall–Kier alpha value is -2.29. The topological polar surface area (TPSA) is 41.1 Å². The maximum atomic E-state index is 12.2. The zero-order valence-electron chi connectivity index (χ0n) is 11.9. The summed E-state index contributed by atoms with van der Waals surface area (Å²) in [6.45, 7) is 5.04. The molecule has 0 atom stereocenters. The van der Waals surface area contributed by atoms with Crippen LogP contribution in [0.15, 0.2) is 48.5 Å². The predicted molar refractivity (Wildman–Crippen MR) is 84.4 cm³/mol. The van der Waals surface area contributed by atoms with Crippen molar-refractivity contribution in [2.75, 3.05) is 17.2 Å². The lowest BCUT2D eigenvalue weighted by Gasteiger charge is -2.09. The summed E-state index contributed by atoms with van der Waals surface area (Å²) in [4.78, 5) is 12.2. The second kappa shape index (κ2) is 6.75. The SMILES string of the molecule is CCCNc1ccc(C(=O)Nc2ccccc2C)cc1. The average Bonchev–Trinajstić information content (AvgIpc) is 2.48. The number of hydrogen-bond acceptors (Lipinski definition) is 2. The maximum absolute atomic E-state index is 12.2. The standard InChI is InChI=1S/C17H20N2O/c1-3-12-18-15-10-8-14(9-11-15)17(20)19-16-7-5-4-6-13(16)2/h4-11,18H,3,12H2,1-2H3,(H,19,20). The smallest absolute Gasteiger partial charge is 0.255 e. The molecule has 2 rings (SSSR count). The molecule has 1 amide bonds. The molecule has 0 bridgehead atoms. The first-order valence-corrected chi connectivity index (χ1v) is 6.91. The summed E-state index contributed by atoms with van der Waals surface area (Å²) in [6, 6.07) is 15.3. The molecule has 3 nitrogen and oxygen atoms in total. The Morgan fingerprint density at radius 3 is 2.40 bits per heavy atom. The molecule has 0 saturated carbocycles. The third-order valence-corrected chi connectivity index (χ3v) is 3.12. The lowest BCUT2D eigenvalue weighted by Crippen LogP contribution is -2.12. The van der Waals surface area contributed by atoms with E-state index in [1.165, 1.54) is 0 Å². The molecule has 104 valence electrons. The second-order valence-corrected chi connectivity index (χ2v) is 4.77. The zero-order chi connectivity index (χ0) is 14.4. The minimum Gasteiger partial charge on any atom is -0.385 e. The number of para-hydroxylation sites is 1. The van der Waals surface area contributed by atoms with Crippen molar-refractivity contribution in [1.82, 2.24) is 0 Å². The van der Waals surface area contributed by atoms with Gasteiger partial charge in [0.2, 0.25) is 0 Å². The minimum absolute atomic E-state index is 0.0821. The third-order valence-electron chi connectivity index (χ3n) is 3.12. The normalized spacial score (nSPS) is 10.1. The van der Waals surface area contributed by atoms with E-state index in [-0.39, 0.29) is 5.91 Å².